The number of unbranched alkanes of at least 4 members (excludes halogenated alkanes) is 1. The highest BCUT2D eigenvalue weighted by Crippen LogP contribution is 2.27. The van der Waals surface area contributed by atoms with Crippen LogP contribution in [0.25, 0.3) is 0 Å². The summed E-state index contributed by atoms with van der Waals surface area (Å²) in [6.45, 7) is 4.59. The van der Waals surface area contributed by atoms with Crippen molar-refractivity contribution in [3.8, 4) is 0 Å². The van der Waals surface area contributed by atoms with Gasteiger partial charge in [-0.05, 0) is 25.5 Å². The SMILES string of the molecule is CCCCN(CC)C(=O)C(=O)[C@H]1C(=O)Nc2ccccc2[S@@]1=O. The Morgan fingerprint density at radius 3 is 2.61 bits per heavy atom. The molecule has 23 heavy (non-hydrogen) atoms. The lowest BCUT2D eigenvalue weighted by Gasteiger charge is -2.25. The fourth-order valence-corrected chi connectivity index (χ4v) is 3.76. The average Bonchev–Trinajstić information content (AvgIpc) is 2.55. The molecule has 1 aromatic rings. The maximum atomic E-state index is 12.6. The number of rotatable bonds is 6. The highest BCUT2D eigenvalue weighted by Gasteiger charge is 2.42. The predicted molar refractivity (Wildman–Crippen MR) is 87.4 cm³/mol. The van der Waals surface area contributed by atoms with Gasteiger partial charge in [-0.25, -0.2) is 0 Å². The van der Waals surface area contributed by atoms with Gasteiger partial charge in [0.15, 0.2) is 5.25 Å². The summed E-state index contributed by atoms with van der Waals surface area (Å²) in [5.41, 5.74) is 0.422. The number of carbonyl (C=O) groups is 3. The quantitative estimate of drug-likeness (QED) is 0.627. The Bertz CT molecular complexity index is 659. The van der Waals surface area contributed by atoms with E-state index in [1.165, 1.54) is 4.90 Å². The molecule has 1 aliphatic heterocycles. The monoisotopic (exact) mass is 336 g/mol. The molecule has 0 saturated carbocycles. The van der Waals surface area contributed by atoms with Crippen LogP contribution in [0.5, 0.6) is 0 Å². The van der Waals surface area contributed by atoms with E-state index in [-0.39, 0.29) is 0 Å². The minimum absolute atomic E-state index is 0.370. The molecule has 1 aromatic carbocycles. The zero-order valence-electron chi connectivity index (χ0n) is 13.2. The zero-order chi connectivity index (χ0) is 17.0. The number of nitrogens with zero attached hydrogens (tertiary/aromatic N) is 1. The summed E-state index contributed by atoms with van der Waals surface area (Å²) in [4.78, 5) is 38.7. The molecule has 0 spiro atoms. The summed E-state index contributed by atoms with van der Waals surface area (Å²) >= 11 is 0. The van der Waals surface area contributed by atoms with Gasteiger partial charge in [-0.2, -0.15) is 0 Å². The first-order valence-corrected chi connectivity index (χ1v) is 8.86. The second-order valence-electron chi connectivity index (χ2n) is 5.27. The molecule has 124 valence electrons. The average molecular weight is 336 g/mol. The molecule has 0 aromatic heterocycles. The number of hydrogen-bond donors (Lipinski definition) is 1. The first-order valence-electron chi connectivity index (χ1n) is 7.64. The molecule has 2 amide bonds. The van der Waals surface area contributed by atoms with Gasteiger partial charge in [0.25, 0.3) is 5.91 Å². The molecule has 6 nitrogen and oxygen atoms in total. The minimum Gasteiger partial charge on any atom is -0.336 e. The van der Waals surface area contributed by atoms with Crippen molar-refractivity contribution in [2.75, 3.05) is 18.4 Å². The van der Waals surface area contributed by atoms with E-state index in [0.29, 0.717) is 23.7 Å². The molecule has 1 heterocycles. The molecule has 1 N–H and O–H groups in total. The molecule has 7 heteroatoms. The van der Waals surface area contributed by atoms with Gasteiger partial charge in [-0.1, -0.05) is 25.5 Å². The summed E-state index contributed by atoms with van der Waals surface area (Å²) in [7, 11) is -1.87. The van der Waals surface area contributed by atoms with E-state index in [0.717, 1.165) is 12.8 Å². The first-order chi connectivity index (χ1) is 11.0. The van der Waals surface area contributed by atoms with Gasteiger partial charge in [0.1, 0.15) is 0 Å². The number of nitrogens with one attached hydrogen (secondary N) is 1. The van der Waals surface area contributed by atoms with Gasteiger partial charge in [-0.15, -0.1) is 0 Å². The highest BCUT2D eigenvalue weighted by atomic mass is 32.2. The van der Waals surface area contributed by atoms with Crippen molar-refractivity contribution < 1.29 is 18.6 Å². The molecule has 0 bridgehead atoms. The van der Waals surface area contributed by atoms with E-state index in [2.05, 4.69) is 5.32 Å². The van der Waals surface area contributed by atoms with Gasteiger partial charge >= 0.3 is 0 Å². The fourth-order valence-electron chi connectivity index (χ4n) is 2.40. The van der Waals surface area contributed by atoms with Crippen LogP contribution in [0.4, 0.5) is 5.69 Å². The number of Topliss-reactive ketones (excluding diaryl/α,β-unsaturated/α-hetero) is 1. The largest absolute Gasteiger partial charge is 0.336 e. The Kier molecular flexibility index (Phi) is 5.65. The number of anilines is 1. The fraction of sp³-hybridized carbons (Fsp3) is 0.438. The molecule has 0 radical (unpaired) electrons. The Morgan fingerprint density at radius 2 is 1.96 bits per heavy atom. The van der Waals surface area contributed by atoms with Crippen molar-refractivity contribution in [2.24, 2.45) is 0 Å². The molecule has 1 aliphatic rings. The highest BCUT2D eigenvalue weighted by molar-refractivity contribution is 7.87. The number of para-hydroxylation sites is 1. The van der Waals surface area contributed by atoms with Gasteiger partial charge in [0.2, 0.25) is 11.7 Å². The predicted octanol–water partition coefficient (Wildman–Crippen LogP) is 1.33. The second kappa shape index (κ2) is 7.50. The number of amides is 2. The number of fused-ring (bicyclic) bond motifs is 1. The lowest BCUT2D eigenvalue weighted by atomic mass is 10.2. The van der Waals surface area contributed by atoms with Gasteiger partial charge in [0.05, 0.1) is 21.4 Å². The summed E-state index contributed by atoms with van der Waals surface area (Å²) in [6, 6.07) is 6.59. The van der Waals surface area contributed by atoms with Gasteiger partial charge < -0.3 is 10.2 Å². The van der Waals surface area contributed by atoms with Crippen LogP contribution >= 0.6 is 0 Å². The van der Waals surface area contributed by atoms with Gasteiger partial charge in [0, 0.05) is 13.1 Å². The van der Waals surface area contributed by atoms with Crippen LogP contribution in [0.2, 0.25) is 0 Å². The Hall–Kier alpha value is -2.02. The van der Waals surface area contributed by atoms with E-state index in [1.807, 2.05) is 6.92 Å². The lowest BCUT2D eigenvalue weighted by molar-refractivity contribution is -0.145. The lowest BCUT2D eigenvalue weighted by Crippen LogP contribution is -2.49. The maximum absolute atomic E-state index is 12.6. The molecular weight excluding hydrogens is 316 g/mol. The number of benzene rings is 1. The Labute approximate surface area is 137 Å². The van der Waals surface area contributed by atoms with Crippen molar-refractivity contribution in [2.45, 2.75) is 36.8 Å². The molecule has 0 aliphatic carbocycles. The summed E-state index contributed by atoms with van der Waals surface area (Å²) in [6.07, 6.45) is 1.66. The van der Waals surface area contributed by atoms with E-state index < -0.39 is 33.6 Å². The molecule has 2 atom stereocenters. The molecular formula is C16H20N2O4S. The van der Waals surface area contributed by atoms with Crippen LogP contribution in [0.3, 0.4) is 0 Å². The van der Waals surface area contributed by atoms with Crippen molar-refractivity contribution in [3.63, 3.8) is 0 Å². The molecule has 0 unspecified atom stereocenters. The third-order valence-electron chi connectivity index (χ3n) is 3.71. The van der Waals surface area contributed by atoms with Crippen LogP contribution in [0, 0.1) is 0 Å². The Balaban J connectivity index is 2.23. The van der Waals surface area contributed by atoms with Gasteiger partial charge in [-0.3, -0.25) is 18.6 Å². The first kappa shape index (κ1) is 17.3. The van der Waals surface area contributed by atoms with Crippen LogP contribution < -0.4 is 5.32 Å². The minimum atomic E-state index is -1.87. The van der Waals surface area contributed by atoms with E-state index in [9.17, 15) is 18.6 Å². The van der Waals surface area contributed by atoms with E-state index >= 15 is 0 Å². The van der Waals surface area contributed by atoms with Crippen molar-refractivity contribution in [3.05, 3.63) is 24.3 Å². The second-order valence-corrected chi connectivity index (χ2v) is 6.77. The van der Waals surface area contributed by atoms with Crippen molar-refractivity contribution >= 4 is 34.1 Å². The van der Waals surface area contributed by atoms with Crippen LogP contribution in [-0.2, 0) is 25.2 Å². The normalized spacial score (nSPS) is 19.7. The molecule has 0 fully saturated rings. The molecule has 0 saturated heterocycles. The number of likely N-dealkylation sites (N-methyl/N-ethyl adjacent to an activating group) is 1. The molecule has 2 rings (SSSR count). The Morgan fingerprint density at radius 1 is 1.26 bits per heavy atom. The van der Waals surface area contributed by atoms with Crippen molar-refractivity contribution in [1.29, 1.82) is 0 Å². The van der Waals surface area contributed by atoms with E-state index in [1.54, 1.807) is 31.2 Å². The topological polar surface area (TPSA) is 83.6 Å². The third-order valence-corrected chi connectivity index (χ3v) is 5.36. The van der Waals surface area contributed by atoms with Crippen LogP contribution in [0.1, 0.15) is 26.7 Å². The number of ketones is 1. The van der Waals surface area contributed by atoms with Crippen molar-refractivity contribution in [1.82, 2.24) is 4.90 Å². The summed E-state index contributed by atoms with van der Waals surface area (Å²) in [5.74, 6) is -2.34. The van der Waals surface area contributed by atoms with Crippen LogP contribution in [0.15, 0.2) is 29.2 Å². The summed E-state index contributed by atoms with van der Waals surface area (Å²) in [5, 5.41) is 1.07. The maximum Gasteiger partial charge on any atom is 0.291 e. The zero-order valence-corrected chi connectivity index (χ0v) is 14.0. The third kappa shape index (κ3) is 3.50. The smallest absolute Gasteiger partial charge is 0.291 e. The summed E-state index contributed by atoms with van der Waals surface area (Å²) < 4.78 is 12.6. The number of carbonyl (C=O) groups excluding carboxylic acids is 3. The standard InChI is InChI=1S/C16H20N2O4S/c1-3-5-10-18(4-2)16(21)13(19)14-15(20)17-11-8-6-7-9-12(11)23(14)22/h6-9,14H,3-5,10H2,1-2H3,(H,17,20)/t14-,23-/m0/s1. The van der Waals surface area contributed by atoms with E-state index in [4.69, 9.17) is 0 Å². The van der Waals surface area contributed by atoms with Crippen LogP contribution in [-0.4, -0.2) is 45.0 Å². The number of hydrogen-bond acceptors (Lipinski definition) is 4.